The zero-order valence-electron chi connectivity index (χ0n) is 8.55. The highest BCUT2D eigenvalue weighted by Gasteiger charge is 2.22. The molecule has 0 spiro atoms. The monoisotopic (exact) mass is 169 g/mol. The topological polar surface area (TPSA) is 26.0 Å². The second-order valence-electron chi connectivity index (χ2n) is 4.43. The molecule has 0 heterocycles. The number of rotatable bonds is 3. The average molecular weight is 169 g/mol. The summed E-state index contributed by atoms with van der Waals surface area (Å²) in [6.07, 6.45) is 8.41. The molecule has 1 fully saturated rings. The highest BCUT2D eigenvalue weighted by molar-refractivity contribution is 4.77. The molecule has 12 heavy (non-hydrogen) atoms. The van der Waals surface area contributed by atoms with Crippen molar-refractivity contribution in [1.82, 2.24) is 0 Å². The van der Waals surface area contributed by atoms with E-state index in [0.717, 1.165) is 11.8 Å². The summed E-state index contributed by atoms with van der Waals surface area (Å²) in [4.78, 5) is 0. The summed E-state index contributed by atoms with van der Waals surface area (Å²) >= 11 is 0. The molecule has 1 atom stereocenters. The molecule has 0 aliphatic heterocycles. The average Bonchev–Trinajstić information content (AvgIpc) is 2.06. The molecule has 1 heteroatoms. The van der Waals surface area contributed by atoms with Crippen LogP contribution in [-0.2, 0) is 0 Å². The molecule has 2 N–H and O–H groups in total. The van der Waals surface area contributed by atoms with Crippen LogP contribution in [-0.4, -0.2) is 6.04 Å². The van der Waals surface area contributed by atoms with E-state index in [-0.39, 0.29) is 0 Å². The van der Waals surface area contributed by atoms with Gasteiger partial charge in [0.25, 0.3) is 0 Å². The third kappa shape index (κ3) is 2.78. The summed E-state index contributed by atoms with van der Waals surface area (Å²) < 4.78 is 0. The van der Waals surface area contributed by atoms with Crippen molar-refractivity contribution in [3.05, 3.63) is 0 Å². The van der Waals surface area contributed by atoms with Crippen molar-refractivity contribution in [3.63, 3.8) is 0 Å². The van der Waals surface area contributed by atoms with Crippen molar-refractivity contribution >= 4 is 0 Å². The molecule has 1 aliphatic carbocycles. The van der Waals surface area contributed by atoms with Crippen LogP contribution in [0.25, 0.3) is 0 Å². The maximum atomic E-state index is 5.89. The Morgan fingerprint density at radius 1 is 1.25 bits per heavy atom. The van der Waals surface area contributed by atoms with Crippen LogP contribution in [0.1, 0.15) is 52.4 Å². The fraction of sp³-hybridized carbons (Fsp3) is 1.00. The van der Waals surface area contributed by atoms with E-state index in [9.17, 15) is 0 Å². The predicted molar refractivity (Wildman–Crippen MR) is 54.0 cm³/mol. The SMILES string of the molecule is CCCC1CCC(C(C)N)CC1. The molecule has 0 aromatic rings. The third-order valence-corrected chi connectivity index (χ3v) is 3.33. The Morgan fingerprint density at radius 3 is 2.25 bits per heavy atom. The Balaban J connectivity index is 2.20. The van der Waals surface area contributed by atoms with E-state index < -0.39 is 0 Å². The maximum absolute atomic E-state index is 5.89. The fourth-order valence-corrected chi connectivity index (χ4v) is 2.41. The minimum Gasteiger partial charge on any atom is -0.328 e. The largest absolute Gasteiger partial charge is 0.328 e. The van der Waals surface area contributed by atoms with E-state index in [1.165, 1.54) is 38.5 Å². The van der Waals surface area contributed by atoms with Gasteiger partial charge in [-0.2, -0.15) is 0 Å². The van der Waals surface area contributed by atoms with Crippen LogP contribution in [0.2, 0.25) is 0 Å². The van der Waals surface area contributed by atoms with Crippen molar-refractivity contribution in [2.24, 2.45) is 17.6 Å². The Morgan fingerprint density at radius 2 is 1.83 bits per heavy atom. The summed E-state index contributed by atoms with van der Waals surface area (Å²) in [6, 6.07) is 0.424. The van der Waals surface area contributed by atoms with Gasteiger partial charge in [-0.15, -0.1) is 0 Å². The maximum Gasteiger partial charge on any atom is 0.00387 e. The van der Waals surface area contributed by atoms with E-state index in [4.69, 9.17) is 5.73 Å². The van der Waals surface area contributed by atoms with Crippen molar-refractivity contribution in [1.29, 1.82) is 0 Å². The molecular weight excluding hydrogens is 146 g/mol. The fourth-order valence-electron chi connectivity index (χ4n) is 2.41. The molecule has 0 bridgehead atoms. The van der Waals surface area contributed by atoms with Crippen LogP contribution in [0.15, 0.2) is 0 Å². The standard InChI is InChI=1S/C11H23N/c1-3-4-10-5-7-11(8-6-10)9(2)12/h9-11H,3-8,12H2,1-2H3. The Bertz CT molecular complexity index is 112. The number of hydrogen-bond acceptors (Lipinski definition) is 1. The van der Waals surface area contributed by atoms with Crippen LogP contribution in [0.4, 0.5) is 0 Å². The molecule has 0 amide bonds. The van der Waals surface area contributed by atoms with Crippen LogP contribution < -0.4 is 5.73 Å². The Hall–Kier alpha value is -0.0400. The molecule has 1 aliphatic rings. The summed E-state index contributed by atoms with van der Waals surface area (Å²) in [7, 11) is 0. The van der Waals surface area contributed by atoms with E-state index in [1.54, 1.807) is 0 Å². The quantitative estimate of drug-likeness (QED) is 0.690. The lowest BCUT2D eigenvalue weighted by Crippen LogP contribution is -2.30. The molecule has 0 saturated heterocycles. The van der Waals surface area contributed by atoms with E-state index in [2.05, 4.69) is 13.8 Å². The van der Waals surface area contributed by atoms with Gasteiger partial charge in [0.1, 0.15) is 0 Å². The lowest BCUT2D eigenvalue weighted by molar-refractivity contribution is 0.240. The third-order valence-electron chi connectivity index (χ3n) is 3.33. The molecule has 1 nitrogen and oxygen atoms in total. The molecule has 72 valence electrons. The number of hydrogen-bond donors (Lipinski definition) is 1. The van der Waals surface area contributed by atoms with Gasteiger partial charge in [-0.1, -0.05) is 32.6 Å². The second kappa shape index (κ2) is 4.86. The normalized spacial score (nSPS) is 33.2. The molecule has 1 saturated carbocycles. The van der Waals surface area contributed by atoms with Gasteiger partial charge >= 0.3 is 0 Å². The summed E-state index contributed by atoms with van der Waals surface area (Å²) in [6.45, 7) is 4.45. The predicted octanol–water partition coefficient (Wildman–Crippen LogP) is 2.94. The first-order valence-corrected chi connectivity index (χ1v) is 5.49. The zero-order valence-corrected chi connectivity index (χ0v) is 8.55. The smallest absolute Gasteiger partial charge is 0.00387 e. The second-order valence-corrected chi connectivity index (χ2v) is 4.43. The number of nitrogens with two attached hydrogens (primary N) is 1. The van der Waals surface area contributed by atoms with E-state index >= 15 is 0 Å². The minimum absolute atomic E-state index is 0.424. The molecular formula is C11H23N. The van der Waals surface area contributed by atoms with E-state index in [0.29, 0.717) is 6.04 Å². The first kappa shape index (κ1) is 10.0. The van der Waals surface area contributed by atoms with Crippen LogP contribution in [0, 0.1) is 11.8 Å². The van der Waals surface area contributed by atoms with Gasteiger partial charge in [0, 0.05) is 6.04 Å². The van der Waals surface area contributed by atoms with Crippen molar-refractivity contribution in [3.8, 4) is 0 Å². The van der Waals surface area contributed by atoms with Gasteiger partial charge in [0.15, 0.2) is 0 Å². The zero-order chi connectivity index (χ0) is 8.97. The summed E-state index contributed by atoms with van der Waals surface area (Å²) in [5.74, 6) is 1.84. The van der Waals surface area contributed by atoms with Crippen molar-refractivity contribution in [2.75, 3.05) is 0 Å². The molecule has 0 aromatic carbocycles. The Kier molecular flexibility index (Phi) is 4.07. The molecule has 1 rings (SSSR count). The van der Waals surface area contributed by atoms with Gasteiger partial charge < -0.3 is 5.73 Å². The van der Waals surface area contributed by atoms with Gasteiger partial charge in [-0.3, -0.25) is 0 Å². The van der Waals surface area contributed by atoms with Gasteiger partial charge in [0.05, 0.1) is 0 Å². The minimum atomic E-state index is 0.424. The first-order valence-electron chi connectivity index (χ1n) is 5.49. The lowest BCUT2D eigenvalue weighted by Gasteiger charge is -2.30. The van der Waals surface area contributed by atoms with Gasteiger partial charge in [-0.05, 0) is 31.6 Å². The highest BCUT2D eigenvalue weighted by atomic mass is 14.6. The van der Waals surface area contributed by atoms with Crippen LogP contribution >= 0.6 is 0 Å². The first-order chi connectivity index (χ1) is 5.74. The lowest BCUT2D eigenvalue weighted by atomic mass is 9.78. The highest BCUT2D eigenvalue weighted by Crippen LogP contribution is 2.32. The van der Waals surface area contributed by atoms with Gasteiger partial charge in [-0.25, -0.2) is 0 Å². The van der Waals surface area contributed by atoms with Gasteiger partial charge in [0.2, 0.25) is 0 Å². The molecule has 0 radical (unpaired) electrons. The summed E-state index contributed by atoms with van der Waals surface area (Å²) in [5.41, 5.74) is 5.89. The molecule has 0 aromatic heterocycles. The van der Waals surface area contributed by atoms with Crippen LogP contribution in [0.3, 0.4) is 0 Å². The molecule has 1 unspecified atom stereocenters. The van der Waals surface area contributed by atoms with Crippen molar-refractivity contribution in [2.45, 2.75) is 58.4 Å². The van der Waals surface area contributed by atoms with E-state index in [1.807, 2.05) is 0 Å². The van der Waals surface area contributed by atoms with Crippen molar-refractivity contribution < 1.29 is 0 Å². The Labute approximate surface area is 76.7 Å². The van der Waals surface area contributed by atoms with Crippen LogP contribution in [0.5, 0.6) is 0 Å². The summed E-state index contributed by atoms with van der Waals surface area (Å²) in [5, 5.41) is 0.